The van der Waals surface area contributed by atoms with Gasteiger partial charge in [-0.2, -0.15) is 0 Å². The van der Waals surface area contributed by atoms with Gasteiger partial charge in [0.15, 0.2) is 0 Å². The Kier molecular flexibility index (Phi) is 4.21. The van der Waals surface area contributed by atoms with Crippen molar-refractivity contribution in [3.05, 3.63) is 29.8 Å². The Hall–Kier alpha value is -2.04. The first-order valence-corrected chi connectivity index (χ1v) is 7.14. The molecule has 1 atom stereocenters. The molecule has 0 aromatic heterocycles. The smallest absolute Gasteiger partial charge is 0.309 e. The molecule has 0 bridgehead atoms. The summed E-state index contributed by atoms with van der Waals surface area (Å²) >= 11 is 0. The predicted octanol–water partition coefficient (Wildman–Crippen LogP) is 2.36. The topological polar surface area (TPSA) is 77.8 Å². The third kappa shape index (κ3) is 3.17. The summed E-state index contributed by atoms with van der Waals surface area (Å²) in [7, 11) is 0. The number of phenols is 1. The van der Waals surface area contributed by atoms with Crippen LogP contribution < -0.4 is 0 Å². The second-order valence-corrected chi connectivity index (χ2v) is 6.16. The van der Waals surface area contributed by atoms with Crippen molar-refractivity contribution in [1.29, 1.82) is 0 Å². The van der Waals surface area contributed by atoms with E-state index in [0.717, 1.165) is 12.8 Å². The number of likely N-dealkylation sites (tertiary alicyclic amines) is 1. The summed E-state index contributed by atoms with van der Waals surface area (Å²) in [5, 5.41) is 18.6. The number of benzene rings is 1. The number of hydrogen-bond acceptors (Lipinski definition) is 3. The van der Waals surface area contributed by atoms with Crippen molar-refractivity contribution in [2.75, 3.05) is 13.1 Å². The zero-order valence-electron chi connectivity index (χ0n) is 12.4. The van der Waals surface area contributed by atoms with E-state index < -0.39 is 11.4 Å². The number of piperidine rings is 1. The standard InChI is InChI=1S/C16H21NO4/c1-16(2,15(20)21)12-4-3-9-17(10-12)14(19)11-5-7-13(18)8-6-11/h5-8,12,18H,3-4,9-10H2,1-2H3,(H,20,21). The lowest BCUT2D eigenvalue weighted by molar-refractivity contribution is -0.151. The number of aromatic hydroxyl groups is 1. The van der Waals surface area contributed by atoms with Gasteiger partial charge in [-0.05, 0) is 56.9 Å². The van der Waals surface area contributed by atoms with Crippen LogP contribution in [0.5, 0.6) is 5.75 Å². The van der Waals surface area contributed by atoms with Crippen LogP contribution in [0.1, 0.15) is 37.0 Å². The van der Waals surface area contributed by atoms with Crippen molar-refractivity contribution in [3.8, 4) is 5.75 Å². The minimum Gasteiger partial charge on any atom is -0.508 e. The van der Waals surface area contributed by atoms with Crippen molar-refractivity contribution in [3.63, 3.8) is 0 Å². The lowest BCUT2D eigenvalue weighted by Gasteiger charge is -2.39. The molecule has 1 aliphatic heterocycles. The fourth-order valence-corrected chi connectivity index (χ4v) is 2.71. The van der Waals surface area contributed by atoms with Crippen LogP contribution in [0.4, 0.5) is 0 Å². The second kappa shape index (κ2) is 5.76. The Morgan fingerprint density at radius 2 is 1.86 bits per heavy atom. The average Bonchev–Trinajstić information content (AvgIpc) is 2.47. The summed E-state index contributed by atoms with van der Waals surface area (Å²) in [5.41, 5.74) is -0.324. The molecule has 1 amide bonds. The number of amides is 1. The maximum absolute atomic E-state index is 12.5. The highest BCUT2D eigenvalue weighted by molar-refractivity contribution is 5.94. The van der Waals surface area contributed by atoms with Gasteiger partial charge in [0.2, 0.25) is 0 Å². The zero-order valence-corrected chi connectivity index (χ0v) is 12.4. The summed E-state index contributed by atoms with van der Waals surface area (Å²) in [5.74, 6) is -0.868. The molecule has 2 N–H and O–H groups in total. The Labute approximate surface area is 124 Å². The van der Waals surface area contributed by atoms with E-state index in [1.807, 2.05) is 0 Å². The van der Waals surface area contributed by atoms with Crippen LogP contribution in [-0.2, 0) is 4.79 Å². The molecule has 1 unspecified atom stereocenters. The summed E-state index contributed by atoms with van der Waals surface area (Å²) in [4.78, 5) is 25.5. The van der Waals surface area contributed by atoms with Gasteiger partial charge in [-0.25, -0.2) is 0 Å². The Bertz CT molecular complexity index is 536. The van der Waals surface area contributed by atoms with Gasteiger partial charge in [-0.3, -0.25) is 9.59 Å². The summed E-state index contributed by atoms with van der Waals surface area (Å²) in [6.45, 7) is 4.54. The number of phenolic OH excluding ortho intramolecular Hbond substituents is 1. The number of carbonyl (C=O) groups is 2. The maximum atomic E-state index is 12.5. The van der Waals surface area contributed by atoms with Crippen LogP contribution >= 0.6 is 0 Å². The molecule has 5 heteroatoms. The quantitative estimate of drug-likeness (QED) is 0.896. The molecule has 1 saturated heterocycles. The van der Waals surface area contributed by atoms with Crippen molar-refractivity contribution < 1.29 is 19.8 Å². The van der Waals surface area contributed by atoms with Crippen LogP contribution in [0, 0.1) is 11.3 Å². The lowest BCUT2D eigenvalue weighted by atomic mass is 9.74. The van der Waals surface area contributed by atoms with E-state index in [0.29, 0.717) is 18.7 Å². The minimum atomic E-state index is -0.839. The first kappa shape index (κ1) is 15.4. The van der Waals surface area contributed by atoms with Crippen molar-refractivity contribution in [2.45, 2.75) is 26.7 Å². The Balaban J connectivity index is 2.12. The van der Waals surface area contributed by atoms with Gasteiger partial charge < -0.3 is 15.1 Å². The molecular formula is C16H21NO4. The number of carboxylic acid groups (broad SMARTS) is 1. The first-order valence-electron chi connectivity index (χ1n) is 7.14. The molecular weight excluding hydrogens is 270 g/mol. The van der Waals surface area contributed by atoms with Crippen molar-refractivity contribution in [2.24, 2.45) is 11.3 Å². The van der Waals surface area contributed by atoms with Gasteiger partial charge >= 0.3 is 5.97 Å². The molecule has 1 aromatic carbocycles. The van der Waals surface area contributed by atoms with Gasteiger partial charge in [-0.15, -0.1) is 0 Å². The van der Waals surface area contributed by atoms with Crippen LogP contribution in [-0.4, -0.2) is 40.1 Å². The lowest BCUT2D eigenvalue weighted by Crippen LogP contribution is -2.46. The highest BCUT2D eigenvalue weighted by Crippen LogP contribution is 2.34. The molecule has 0 saturated carbocycles. The number of carbonyl (C=O) groups excluding carboxylic acids is 1. The Morgan fingerprint density at radius 3 is 2.43 bits per heavy atom. The first-order chi connectivity index (χ1) is 9.82. The molecule has 5 nitrogen and oxygen atoms in total. The largest absolute Gasteiger partial charge is 0.508 e. The van der Waals surface area contributed by atoms with E-state index >= 15 is 0 Å². The highest BCUT2D eigenvalue weighted by atomic mass is 16.4. The Morgan fingerprint density at radius 1 is 1.24 bits per heavy atom. The van der Waals surface area contributed by atoms with Gasteiger partial charge in [0.25, 0.3) is 5.91 Å². The fourth-order valence-electron chi connectivity index (χ4n) is 2.71. The molecule has 114 valence electrons. The molecule has 0 spiro atoms. The zero-order chi connectivity index (χ0) is 15.6. The molecule has 1 heterocycles. The second-order valence-electron chi connectivity index (χ2n) is 6.16. The SMILES string of the molecule is CC(C)(C(=O)O)C1CCCN(C(=O)c2ccc(O)cc2)C1. The normalized spacial score (nSPS) is 19.3. The predicted molar refractivity (Wildman–Crippen MR) is 78.2 cm³/mol. The van der Waals surface area contributed by atoms with Gasteiger partial charge in [0.05, 0.1) is 5.41 Å². The number of carboxylic acids is 1. The third-order valence-corrected chi connectivity index (χ3v) is 4.39. The van der Waals surface area contributed by atoms with E-state index in [-0.39, 0.29) is 17.6 Å². The molecule has 21 heavy (non-hydrogen) atoms. The molecule has 1 aliphatic rings. The fraction of sp³-hybridized carbons (Fsp3) is 0.500. The third-order valence-electron chi connectivity index (χ3n) is 4.39. The minimum absolute atomic E-state index is 0.0511. The van der Waals surface area contributed by atoms with E-state index in [1.54, 1.807) is 30.9 Å². The van der Waals surface area contributed by atoms with E-state index in [4.69, 9.17) is 0 Å². The van der Waals surface area contributed by atoms with Crippen molar-refractivity contribution >= 4 is 11.9 Å². The van der Waals surface area contributed by atoms with E-state index in [9.17, 15) is 19.8 Å². The van der Waals surface area contributed by atoms with E-state index in [1.165, 1.54) is 12.1 Å². The maximum Gasteiger partial charge on any atom is 0.309 e. The van der Waals surface area contributed by atoms with Gasteiger partial charge in [-0.1, -0.05) is 0 Å². The van der Waals surface area contributed by atoms with Crippen LogP contribution in [0.25, 0.3) is 0 Å². The van der Waals surface area contributed by atoms with Gasteiger partial charge in [0.1, 0.15) is 5.75 Å². The number of nitrogens with zero attached hydrogens (tertiary/aromatic N) is 1. The van der Waals surface area contributed by atoms with E-state index in [2.05, 4.69) is 0 Å². The molecule has 2 rings (SSSR count). The molecule has 1 aromatic rings. The van der Waals surface area contributed by atoms with Crippen LogP contribution in [0.15, 0.2) is 24.3 Å². The summed E-state index contributed by atoms with van der Waals surface area (Å²) in [6, 6.07) is 6.14. The molecule has 0 radical (unpaired) electrons. The monoisotopic (exact) mass is 291 g/mol. The van der Waals surface area contributed by atoms with Gasteiger partial charge in [0, 0.05) is 18.7 Å². The highest BCUT2D eigenvalue weighted by Gasteiger charge is 2.40. The van der Waals surface area contributed by atoms with Crippen molar-refractivity contribution in [1.82, 2.24) is 4.90 Å². The molecule has 0 aliphatic carbocycles. The summed E-state index contributed by atoms with van der Waals surface area (Å²) < 4.78 is 0. The number of hydrogen-bond donors (Lipinski definition) is 2. The van der Waals surface area contributed by atoms with Crippen LogP contribution in [0.2, 0.25) is 0 Å². The molecule has 1 fully saturated rings. The summed E-state index contributed by atoms with van der Waals surface area (Å²) in [6.07, 6.45) is 1.63. The van der Waals surface area contributed by atoms with Crippen LogP contribution in [0.3, 0.4) is 0 Å². The number of rotatable bonds is 3. The number of aliphatic carboxylic acids is 1. The average molecular weight is 291 g/mol.